The molecule has 0 saturated carbocycles. The number of nitrogens with one attached hydrogen (secondary N) is 1. The van der Waals surface area contributed by atoms with E-state index in [9.17, 15) is 4.79 Å². The van der Waals surface area contributed by atoms with Crippen LogP contribution in [0.3, 0.4) is 0 Å². The van der Waals surface area contributed by atoms with Crippen LogP contribution < -0.4 is 14.8 Å². The van der Waals surface area contributed by atoms with Crippen molar-refractivity contribution in [3.63, 3.8) is 0 Å². The second-order valence-corrected chi connectivity index (χ2v) is 7.06. The second kappa shape index (κ2) is 9.89. The van der Waals surface area contributed by atoms with Crippen molar-refractivity contribution in [2.45, 2.75) is 19.4 Å². The Labute approximate surface area is 166 Å². The van der Waals surface area contributed by atoms with Crippen molar-refractivity contribution < 1.29 is 14.3 Å². The van der Waals surface area contributed by atoms with E-state index in [1.165, 1.54) is 11.3 Å². The molecule has 3 aromatic rings. The molecule has 1 heterocycles. The number of para-hydroxylation sites is 1. The largest absolute Gasteiger partial charge is 0.494 e. The normalized spacial score (nSPS) is 10.4. The lowest BCUT2D eigenvalue weighted by atomic mass is 10.3. The lowest BCUT2D eigenvalue weighted by Gasteiger charge is -2.05. The first-order valence-electron chi connectivity index (χ1n) is 8.37. The molecule has 6 nitrogen and oxygen atoms in total. The molecule has 2 aromatic carbocycles. The Kier molecular flexibility index (Phi) is 7.01. The molecule has 27 heavy (non-hydrogen) atoms. The number of aromatic nitrogens is 2. The summed E-state index contributed by atoms with van der Waals surface area (Å²) in [7, 11) is 0. The van der Waals surface area contributed by atoms with Gasteiger partial charge in [0, 0.05) is 11.4 Å². The highest BCUT2D eigenvalue weighted by molar-refractivity contribution is 7.15. The van der Waals surface area contributed by atoms with E-state index in [1.807, 2.05) is 30.3 Å². The lowest BCUT2D eigenvalue weighted by molar-refractivity contribution is -0.116. The van der Waals surface area contributed by atoms with Crippen molar-refractivity contribution in [3.05, 3.63) is 64.6 Å². The molecule has 140 valence electrons. The van der Waals surface area contributed by atoms with Crippen LogP contribution >= 0.6 is 22.9 Å². The van der Waals surface area contributed by atoms with Gasteiger partial charge in [-0.15, -0.1) is 10.2 Å². The fourth-order valence-corrected chi connectivity index (χ4v) is 2.95. The summed E-state index contributed by atoms with van der Waals surface area (Å²) >= 11 is 7.12. The highest BCUT2D eigenvalue weighted by atomic mass is 35.5. The SMILES string of the molecule is O=C(CCCOc1ccccc1)Nc1nnc(COc2ccc(Cl)cc2)s1. The fraction of sp³-hybridized carbons (Fsp3) is 0.211. The first-order chi connectivity index (χ1) is 13.2. The van der Waals surface area contributed by atoms with Crippen molar-refractivity contribution in [1.82, 2.24) is 10.2 Å². The van der Waals surface area contributed by atoms with E-state index in [0.29, 0.717) is 40.4 Å². The van der Waals surface area contributed by atoms with E-state index in [1.54, 1.807) is 24.3 Å². The van der Waals surface area contributed by atoms with Gasteiger partial charge in [-0.05, 0) is 42.8 Å². The molecular weight excluding hydrogens is 386 g/mol. The Morgan fingerprint density at radius 1 is 1.00 bits per heavy atom. The van der Waals surface area contributed by atoms with Crippen molar-refractivity contribution in [2.75, 3.05) is 11.9 Å². The van der Waals surface area contributed by atoms with Gasteiger partial charge in [-0.2, -0.15) is 0 Å². The van der Waals surface area contributed by atoms with Gasteiger partial charge in [-0.3, -0.25) is 4.79 Å². The Morgan fingerprint density at radius 2 is 1.74 bits per heavy atom. The fourth-order valence-electron chi connectivity index (χ4n) is 2.16. The number of halogens is 1. The van der Waals surface area contributed by atoms with Gasteiger partial charge in [0.2, 0.25) is 11.0 Å². The van der Waals surface area contributed by atoms with Crippen molar-refractivity contribution in [1.29, 1.82) is 0 Å². The van der Waals surface area contributed by atoms with Crippen molar-refractivity contribution in [3.8, 4) is 11.5 Å². The molecule has 0 fully saturated rings. The van der Waals surface area contributed by atoms with E-state index < -0.39 is 0 Å². The molecular formula is C19H18ClN3O3S. The molecule has 0 aliphatic carbocycles. The van der Waals surface area contributed by atoms with Gasteiger partial charge < -0.3 is 14.8 Å². The average Bonchev–Trinajstić information content (AvgIpc) is 3.13. The zero-order chi connectivity index (χ0) is 18.9. The van der Waals surface area contributed by atoms with E-state index in [4.69, 9.17) is 21.1 Å². The van der Waals surface area contributed by atoms with Gasteiger partial charge in [0.25, 0.3) is 0 Å². The standard InChI is InChI=1S/C19H18ClN3O3S/c20-14-8-10-16(11-9-14)26-13-18-22-23-19(27-18)21-17(24)7-4-12-25-15-5-2-1-3-6-15/h1-3,5-6,8-11H,4,7,12-13H2,(H,21,23,24). The third kappa shape index (κ3) is 6.54. The predicted molar refractivity (Wildman–Crippen MR) is 105 cm³/mol. The first-order valence-corrected chi connectivity index (χ1v) is 9.57. The number of benzene rings is 2. The van der Waals surface area contributed by atoms with Crippen molar-refractivity contribution in [2.24, 2.45) is 0 Å². The summed E-state index contributed by atoms with van der Waals surface area (Å²) < 4.78 is 11.2. The van der Waals surface area contributed by atoms with Crippen LogP contribution in [0, 0.1) is 0 Å². The zero-order valence-electron chi connectivity index (χ0n) is 14.4. The van der Waals surface area contributed by atoms with Gasteiger partial charge in [0.15, 0.2) is 5.01 Å². The Morgan fingerprint density at radius 3 is 2.52 bits per heavy atom. The predicted octanol–water partition coefficient (Wildman–Crippen LogP) is 4.57. The summed E-state index contributed by atoms with van der Waals surface area (Å²) in [5.41, 5.74) is 0. The number of nitrogens with zero attached hydrogens (tertiary/aromatic N) is 2. The minimum atomic E-state index is -0.118. The number of hydrogen-bond donors (Lipinski definition) is 1. The van der Waals surface area contributed by atoms with Crippen LogP contribution in [0.25, 0.3) is 0 Å². The van der Waals surface area contributed by atoms with Crippen molar-refractivity contribution >= 4 is 34.0 Å². The number of carbonyl (C=O) groups is 1. The molecule has 1 amide bonds. The maximum atomic E-state index is 12.0. The summed E-state index contributed by atoms with van der Waals surface area (Å²) in [6.45, 7) is 0.758. The maximum absolute atomic E-state index is 12.0. The Hall–Kier alpha value is -2.64. The van der Waals surface area contributed by atoms with Gasteiger partial charge >= 0.3 is 0 Å². The summed E-state index contributed by atoms with van der Waals surface area (Å²) in [4.78, 5) is 12.0. The van der Waals surface area contributed by atoms with Crippen LogP contribution in [-0.2, 0) is 11.4 Å². The molecule has 1 N–H and O–H groups in total. The van der Waals surface area contributed by atoms with E-state index in [2.05, 4.69) is 15.5 Å². The smallest absolute Gasteiger partial charge is 0.226 e. The molecule has 8 heteroatoms. The number of ether oxygens (including phenoxy) is 2. The zero-order valence-corrected chi connectivity index (χ0v) is 16.0. The van der Waals surface area contributed by atoms with Gasteiger partial charge in [-0.25, -0.2) is 0 Å². The highest BCUT2D eigenvalue weighted by Gasteiger charge is 2.09. The molecule has 0 atom stereocenters. The van der Waals surface area contributed by atoms with Crippen LogP contribution in [0.2, 0.25) is 5.02 Å². The Balaban J connectivity index is 1.36. The second-order valence-electron chi connectivity index (χ2n) is 5.56. The van der Waals surface area contributed by atoms with Crippen LogP contribution in [0.1, 0.15) is 17.8 Å². The number of carbonyl (C=O) groups excluding carboxylic acids is 1. The molecule has 0 aliphatic rings. The topological polar surface area (TPSA) is 73.3 Å². The maximum Gasteiger partial charge on any atom is 0.226 e. The summed E-state index contributed by atoms with van der Waals surface area (Å²) in [5.74, 6) is 1.37. The molecule has 1 aromatic heterocycles. The summed E-state index contributed by atoms with van der Waals surface area (Å²) in [5, 5.41) is 12.5. The quantitative estimate of drug-likeness (QED) is 0.530. The van der Waals surface area contributed by atoms with E-state index >= 15 is 0 Å². The summed E-state index contributed by atoms with van der Waals surface area (Å²) in [6, 6.07) is 16.6. The first kappa shape index (κ1) is 19.1. The molecule has 0 unspecified atom stereocenters. The van der Waals surface area contributed by atoms with E-state index in [-0.39, 0.29) is 12.5 Å². The molecule has 3 rings (SSSR count). The monoisotopic (exact) mass is 403 g/mol. The van der Waals surface area contributed by atoms with Gasteiger partial charge in [0.1, 0.15) is 18.1 Å². The van der Waals surface area contributed by atoms with Crippen LogP contribution in [0.15, 0.2) is 54.6 Å². The molecule has 0 radical (unpaired) electrons. The number of amides is 1. The van der Waals surface area contributed by atoms with Crippen LogP contribution in [-0.4, -0.2) is 22.7 Å². The van der Waals surface area contributed by atoms with Crippen LogP contribution in [0.5, 0.6) is 11.5 Å². The third-order valence-corrected chi connectivity index (χ3v) is 4.51. The number of hydrogen-bond acceptors (Lipinski definition) is 6. The average molecular weight is 404 g/mol. The highest BCUT2D eigenvalue weighted by Crippen LogP contribution is 2.20. The minimum absolute atomic E-state index is 0.118. The van der Waals surface area contributed by atoms with Gasteiger partial charge in [-0.1, -0.05) is 41.1 Å². The van der Waals surface area contributed by atoms with Crippen LogP contribution in [0.4, 0.5) is 5.13 Å². The minimum Gasteiger partial charge on any atom is -0.494 e. The summed E-state index contributed by atoms with van der Waals surface area (Å²) in [6.07, 6.45) is 0.967. The van der Waals surface area contributed by atoms with Gasteiger partial charge in [0.05, 0.1) is 6.61 Å². The van der Waals surface area contributed by atoms with E-state index in [0.717, 1.165) is 5.75 Å². The Bertz CT molecular complexity index is 856. The number of anilines is 1. The lowest BCUT2D eigenvalue weighted by Crippen LogP contribution is -2.12. The third-order valence-electron chi connectivity index (χ3n) is 3.45. The number of rotatable bonds is 9. The molecule has 0 spiro atoms. The molecule has 0 bridgehead atoms. The molecule has 0 aliphatic heterocycles. The molecule has 0 saturated heterocycles.